The Balaban J connectivity index is 2.13. The van der Waals surface area contributed by atoms with Crippen molar-refractivity contribution >= 4 is 5.91 Å². The molecule has 0 aromatic carbocycles. The summed E-state index contributed by atoms with van der Waals surface area (Å²) >= 11 is 0. The molecule has 1 fully saturated rings. The monoisotopic (exact) mass is 243 g/mol. The van der Waals surface area contributed by atoms with E-state index in [2.05, 4.69) is 10.3 Å². The normalized spacial score (nSPS) is 16.3. The largest absolute Gasteiger partial charge is 0.380 e. The number of ether oxygens (including phenoxy) is 1. The summed E-state index contributed by atoms with van der Waals surface area (Å²) in [5, 5.41) is 0. The maximum absolute atomic E-state index is 11.5. The third-order valence-corrected chi connectivity index (χ3v) is 3.08. The number of nitrogens with zero attached hydrogens (tertiary/aromatic N) is 1. The molecule has 1 rings (SSSR count). The van der Waals surface area contributed by atoms with Crippen molar-refractivity contribution in [2.75, 3.05) is 33.4 Å². The van der Waals surface area contributed by atoms with Crippen LogP contribution in [0.3, 0.4) is 0 Å². The Labute approximate surface area is 104 Å². The second-order valence-electron chi connectivity index (χ2n) is 5.61. The highest BCUT2D eigenvalue weighted by Crippen LogP contribution is 2.28. The highest BCUT2D eigenvalue weighted by molar-refractivity contribution is 5.81. The number of nitrogens with two attached hydrogens (primary N) is 1. The SMILES string of the molecule is CN(CCOCC1CC1)CC(C)(C)C(=O)NN. The molecule has 1 saturated carbocycles. The summed E-state index contributed by atoms with van der Waals surface area (Å²) in [4.78, 5) is 13.6. The summed E-state index contributed by atoms with van der Waals surface area (Å²) in [5.41, 5.74) is 1.73. The van der Waals surface area contributed by atoms with Crippen LogP contribution in [0.25, 0.3) is 0 Å². The first-order valence-electron chi connectivity index (χ1n) is 6.23. The van der Waals surface area contributed by atoms with Crippen LogP contribution in [0.5, 0.6) is 0 Å². The zero-order valence-electron chi connectivity index (χ0n) is 11.2. The molecule has 0 radical (unpaired) electrons. The van der Waals surface area contributed by atoms with Crippen LogP contribution in [0.2, 0.25) is 0 Å². The first kappa shape index (κ1) is 14.4. The Morgan fingerprint density at radius 1 is 1.53 bits per heavy atom. The van der Waals surface area contributed by atoms with Crippen molar-refractivity contribution in [3.63, 3.8) is 0 Å². The van der Waals surface area contributed by atoms with Crippen LogP contribution < -0.4 is 11.3 Å². The molecule has 100 valence electrons. The van der Waals surface area contributed by atoms with Gasteiger partial charge in [0.1, 0.15) is 0 Å². The Morgan fingerprint density at radius 3 is 2.71 bits per heavy atom. The molecule has 1 amide bonds. The van der Waals surface area contributed by atoms with E-state index in [1.54, 1.807) is 0 Å². The zero-order chi connectivity index (χ0) is 12.9. The Morgan fingerprint density at radius 2 is 2.18 bits per heavy atom. The van der Waals surface area contributed by atoms with E-state index in [9.17, 15) is 4.79 Å². The van der Waals surface area contributed by atoms with Crippen molar-refractivity contribution in [2.45, 2.75) is 26.7 Å². The summed E-state index contributed by atoms with van der Waals surface area (Å²) in [6.07, 6.45) is 2.64. The minimum Gasteiger partial charge on any atom is -0.380 e. The van der Waals surface area contributed by atoms with Crippen LogP contribution in [0.4, 0.5) is 0 Å². The molecule has 0 spiro atoms. The molecule has 17 heavy (non-hydrogen) atoms. The molecule has 0 aliphatic heterocycles. The quantitative estimate of drug-likeness (QED) is 0.279. The van der Waals surface area contributed by atoms with Gasteiger partial charge >= 0.3 is 0 Å². The number of hydrogen-bond donors (Lipinski definition) is 2. The Bertz CT molecular complexity index is 252. The molecule has 0 bridgehead atoms. The van der Waals surface area contributed by atoms with Gasteiger partial charge in [-0.3, -0.25) is 10.2 Å². The van der Waals surface area contributed by atoms with Gasteiger partial charge in [-0.05, 0) is 39.7 Å². The van der Waals surface area contributed by atoms with Gasteiger partial charge in [-0.2, -0.15) is 0 Å². The van der Waals surface area contributed by atoms with E-state index in [-0.39, 0.29) is 5.91 Å². The van der Waals surface area contributed by atoms with Crippen LogP contribution in [-0.4, -0.2) is 44.2 Å². The smallest absolute Gasteiger partial charge is 0.240 e. The van der Waals surface area contributed by atoms with Crippen molar-refractivity contribution < 1.29 is 9.53 Å². The number of amides is 1. The lowest BCUT2D eigenvalue weighted by atomic mass is 9.92. The number of nitrogens with one attached hydrogen (secondary N) is 1. The predicted molar refractivity (Wildman–Crippen MR) is 67.2 cm³/mol. The van der Waals surface area contributed by atoms with Crippen LogP contribution in [0.15, 0.2) is 0 Å². The lowest BCUT2D eigenvalue weighted by molar-refractivity contribution is -0.130. The molecule has 0 saturated heterocycles. The van der Waals surface area contributed by atoms with Gasteiger partial charge in [-0.15, -0.1) is 0 Å². The second-order valence-corrected chi connectivity index (χ2v) is 5.61. The van der Waals surface area contributed by atoms with E-state index in [1.807, 2.05) is 20.9 Å². The summed E-state index contributed by atoms with van der Waals surface area (Å²) in [5.74, 6) is 5.82. The molecule has 0 heterocycles. The molecule has 3 N–H and O–H groups in total. The molecule has 0 unspecified atom stereocenters. The lowest BCUT2D eigenvalue weighted by Gasteiger charge is -2.28. The van der Waals surface area contributed by atoms with Crippen molar-refractivity contribution in [3.8, 4) is 0 Å². The molecule has 0 aromatic rings. The lowest BCUT2D eigenvalue weighted by Crippen LogP contribution is -2.47. The Hall–Kier alpha value is -0.650. The zero-order valence-corrected chi connectivity index (χ0v) is 11.2. The fraction of sp³-hybridized carbons (Fsp3) is 0.917. The highest BCUT2D eigenvalue weighted by atomic mass is 16.5. The molecular formula is C12H25N3O2. The number of likely N-dealkylation sites (N-methyl/N-ethyl adjacent to an activating group) is 1. The average molecular weight is 243 g/mol. The van der Waals surface area contributed by atoms with E-state index in [0.717, 1.165) is 25.7 Å². The van der Waals surface area contributed by atoms with Gasteiger partial charge in [0, 0.05) is 19.7 Å². The van der Waals surface area contributed by atoms with Crippen molar-refractivity contribution in [2.24, 2.45) is 17.2 Å². The van der Waals surface area contributed by atoms with E-state index in [1.165, 1.54) is 12.8 Å². The van der Waals surface area contributed by atoms with E-state index in [0.29, 0.717) is 6.54 Å². The predicted octanol–water partition coefficient (Wildman–Crippen LogP) is 0.361. The van der Waals surface area contributed by atoms with Crippen LogP contribution in [0, 0.1) is 11.3 Å². The molecule has 0 aromatic heterocycles. The fourth-order valence-corrected chi connectivity index (χ4v) is 1.78. The summed E-state index contributed by atoms with van der Waals surface area (Å²) in [7, 11) is 1.99. The highest BCUT2D eigenvalue weighted by Gasteiger charge is 2.28. The van der Waals surface area contributed by atoms with Gasteiger partial charge in [-0.1, -0.05) is 0 Å². The minimum absolute atomic E-state index is 0.136. The first-order valence-corrected chi connectivity index (χ1v) is 6.23. The van der Waals surface area contributed by atoms with Gasteiger partial charge < -0.3 is 9.64 Å². The summed E-state index contributed by atoms with van der Waals surface area (Å²) in [6.45, 7) is 6.90. The van der Waals surface area contributed by atoms with Crippen molar-refractivity contribution in [1.82, 2.24) is 10.3 Å². The van der Waals surface area contributed by atoms with E-state index < -0.39 is 5.41 Å². The van der Waals surface area contributed by atoms with Crippen LogP contribution in [-0.2, 0) is 9.53 Å². The van der Waals surface area contributed by atoms with Gasteiger partial charge in [-0.25, -0.2) is 5.84 Å². The molecule has 0 atom stereocenters. The number of carbonyl (C=O) groups excluding carboxylic acids is 1. The van der Waals surface area contributed by atoms with E-state index >= 15 is 0 Å². The minimum atomic E-state index is -0.472. The van der Waals surface area contributed by atoms with Gasteiger partial charge in [0.2, 0.25) is 5.91 Å². The molecule has 1 aliphatic carbocycles. The Kier molecular flexibility index (Phi) is 5.36. The van der Waals surface area contributed by atoms with Gasteiger partial charge in [0.15, 0.2) is 0 Å². The molecule has 5 heteroatoms. The van der Waals surface area contributed by atoms with Gasteiger partial charge in [0.05, 0.1) is 12.0 Å². The first-order chi connectivity index (χ1) is 7.95. The van der Waals surface area contributed by atoms with Gasteiger partial charge in [0.25, 0.3) is 0 Å². The third kappa shape index (κ3) is 5.48. The maximum atomic E-state index is 11.5. The number of carbonyl (C=O) groups is 1. The maximum Gasteiger partial charge on any atom is 0.240 e. The van der Waals surface area contributed by atoms with Crippen molar-refractivity contribution in [1.29, 1.82) is 0 Å². The summed E-state index contributed by atoms with van der Waals surface area (Å²) in [6, 6.07) is 0. The molecule has 1 aliphatic rings. The van der Waals surface area contributed by atoms with Crippen LogP contribution in [0.1, 0.15) is 26.7 Å². The van der Waals surface area contributed by atoms with Crippen molar-refractivity contribution in [3.05, 3.63) is 0 Å². The standard InChI is InChI=1S/C12H25N3O2/c1-12(2,11(16)14-13)9-15(3)6-7-17-8-10-4-5-10/h10H,4-9,13H2,1-3H3,(H,14,16). The number of hydrogen-bond acceptors (Lipinski definition) is 4. The fourth-order valence-electron chi connectivity index (χ4n) is 1.78. The van der Waals surface area contributed by atoms with Crippen LogP contribution >= 0.6 is 0 Å². The molecule has 5 nitrogen and oxygen atoms in total. The molecular weight excluding hydrogens is 218 g/mol. The number of hydrazine groups is 1. The number of rotatable bonds is 8. The van der Waals surface area contributed by atoms with E-state index in [4.69, 9.17) is 10.6 Å². The topological polar surface area (TPSA) is 67.6 Å². The third-order valence-electron chi connectivity index (χ3n) is 3.08. The summed E-state index contributed by atoms with van der Waals surface area (Å²) < 4.78 is 5.56. The second kappa shape index (κ2) is 6.33. The average Bonchev–Trinajstić information content (AvgIpc) is 3.06.